The molecule has 0 fully saturated rings. The number of nitrogens with two attached hydrogens (primary N) is 2. The Balaban J connectivity index is 1.48. The molecule has 0 unspecified atom stereocenters. The number of rotatable bonds is 4. The quantitative estimate of drug-likeness (QED) is 0.304. The molecule has 4 rings (SSSR count). The highest BCUT2D eigenvalue weighted by molar-refractivity contribution is 6.00. The third kappa shape index (κ3) is 3.90. The second-order valence-corrected chi connectivity index (χ2v) is 6.33. The number of nitrogen functional groups attached to an aromatic ring is 2. The Morgan fingerprint density at radius 1 is 0.800 bits per heavy atom. The van der Waals surface area contributed by atoms with E-state index in [0.29, 0.717) is 17.1 Å². The minimum atomic E-state index is -0.630. The lowest BCUT2D eigenvalue weighted by Crippen LogP contribution is -2.19. The number of nitrogens with one attached hydrogen (secondary N) is 4. The van der Waals surface area contributed by atoms with Crippen molar-refractivity contribution < 1.29 is 13.6 Å². The number of carbonyl (C=O) groups excluding carboxylic acids is 1. The highest BCUT2D eigenvalue weighted by atomic mass is 19.1. The Bertz CT molecular complexity index is 1230. The van der Waals surface area contributed by atoms with E-state index in [1.165, 1.54) is 42.7 Å². The Morgan fingerprint density at radius 3 is 1.93 bits per heavy atom. The molecule has 0 aliphatic carbocycles. The predicted octanol–water partition coefficient (Wildman–Crippen LogP) is 3.55. The Labute approximate surface area is 168 Å². The lowest BCUT2D eigenvalue weighted by atomic mass is 10.1. The fourth-order valence-electron chi connectivity index (χ4n) is 2.86. The molecular weight excluding hydrogens is 394 g/mol. The zero-order valence-electron chi connectivity index (χ0n) is 15.3. The van der Waals surface area contributed by atoms with Gasteiger partial charge in [-0.25, -0.2) is 23.5 Å². The van der Waals surface area contributed by atoms with Crippen LogP contribution in [0.15, 0.2) is 48.8 Å². The normalized spacial score (nSPS) is 10.7. The number of anilines is 4. The molecule has 2 aromatic carbocycles. The van der Waals surface area contributed by atoms with Gasteiger partial charge >= 0.3 is 6.03 Å². The number of halogens is 2. The fraction of sp³-hybridized carbons (Fsp3) is 0. The summed E-state index contributed by atoms with van der Waals surface area (Å²) in [5.74, 6) is -0.773. The van der Waals surface area contributed by atoms with Gasteiger partial charge in [-0.05, 0) is 36.4 Å². The van der Waals surface area contributed by atoms with E-state index < -0.39 is 17.7 Å². The number of carbonyl (C=O) groups is 1. The largest absolute Gasteiger partial charge is 0.369 e. The lowest BCUT2D eigenvalue weighted by Gasteiger charge is -2.10. The van der Waals surface area contributed by atoms with E-state index in [1.807, 2.05) is 0 Å². The number of benzene rings is 2. The molecule has 0 saturated heterocycles. The van der Waals surface area contributed by atoms with Crippen molar-refractivity contribution in [1.29, 1.82) is 0 Å². The van der Waals surface area contributed by atoms with Gasteiger partial charge in [-0.15, -0.1) is 0 Å². The van der Waals surface area contributed by atoms with E-state index in [-0.39, 0.29) is 28.7 Å². The maximum absolute atomic E-state index is 14.4. The first kappa shape index (κ1) is 18.9. The van der Waals surface area contributed by atoms with Crippen LogP contribution in [0.3, 0.4) is 0 Å². The van der Waals surface area contributed by atoms with Crippen LogP contribution in [0.4, 0.5) is 36.8 Å². The standard InChI is InChI=1S/C19H16F2N8O/c20-13-4-2-9(5-12(13)16-8-25-18(23)29-16)26-19(30)27-10-1-3-11(14(21)6-10)15-7-24-17(22)28-15/h1-8H,(H3,22,24,28)(H3,23,25,29)(H2,26,27,30). The van der Waals surface area contributed by atoms with Crippen LogP contribution in [0.1, 0.15) is 0 Å². The maximum Gasteiger partial charge on any atom is 0.323 e. The molecule has 152 valence electrons. The Kier molecular flexibility index (Phi) is 4.76. The molecule has 0 bridgehead atoms. The van der Waals surface area contributed by atoms with Crippen LogP contribution < -0.4 is 22.1 Å². The van der Waals surface area contributed by atoms with Crippen molar-refractivity contribution in [1.82, 2.24) is 19.9 Å². The monoisotopic (exact) mass is 410 g/mol. The molecule has 4 aromatic rings. The summed E-state index contributed by atoms with van der Waals surface area (Å²) in [5, 5.41) is 5.08. The van der Waals surface area contributed by atoms with E-state index in [2.05, 4.69) is 30.6 Å². The van der Waals surface area contributed by atoms with Crippen molar-refractivity contribution in [3.05, 3.63) is 60.4 Å². The lowest BCUT2D eigenvalue weighted by molar-refractivity contribution is 0.262. The molecule has 11 heteroatoms. The fourth-order valence-corrected chi connectivity index (χ4v) is 2.86. The van der Waals surface area contributed by atoms with Crippen molar-refractivity contribution in [3.63, 3.8) is 0 Å². The summed E-state index contributed by atoms with van der Waals surface area (Å²) in [4.78, 5) is 25.4. The van der Waals surface area contributed by atoms with Crippen LogP contribution in [0.2, 0.25) is 0 Å². The minimum Gasteiger partial charge on any atom is -0.369 e. The van der Waals surface area contributed by atoms with E-state index in [1.54, 1.807) is 0 Å². The zero-order chi connectivity index (χ0) is 21.3. The number of aromatic nitrogens is 4. The van der Waals surface area contributed by atoms with E-state index in [0.717, 1.165) is 6.07 Å². The molecular formula is C19H16F2N8O. The molecule has 0 aliphatic rings. The molecule has 30 heavy (non-hydrogen) atoms. The predicted molar refractivity (Wildman–Crippen MR) is 109 cm³/mol. The molecule has 8 N–H and O–H groups in total. The maximum atomic E-state index is 14.4. The molecule has 0 aliphatic heterocycles. The number of H-pyrrole nitrogens is 2. The smallest absolute Gasteiger partial charge is 0.323 e. The van der Waals surface area contributed by atoms with Crippen LogP contribution in [-0.4, -0.2) is 26.0 Å². The van der Waals surface area contributed by atoms with Gasteiger partial charge in [-0.1, -0.05) is 0 Å². The van der Waals surface area contributed by atoms with Gasteiger partial charge in [0.05, 0.1) is 23.8 Å². The summed E-state index contributed by atoms with van der Waals surface area (Å²) < 4.78 is 28.5. The molecule has 2 heterocycles. The first-order valence-corrected chi connectivity index (χ1v) is 8.68. The van der Waals surface area contributed by atoms with Crippen molar-refractivity contribution in [2.45, 2.75) is 0 Å². The highest BCUT2D eigenvalue weighted by Gasteiger charge is 2.12. The number of hydrogen-bond donors (Lipinski definition) is 6. The zero-order valence-corrected chi connectivity index (χ0v) is 15.3. The Morgan fingerprint density at radius 2 is 1.37 bits per heavy atom. The first-order valence-electron chi connectivity index (χ1n) is 8.68. The molecule has 0 atom stereocenters. The summed E-state index contributed by atoms with van der Waals surface area (Å²) >= 11 is 0. The molecule has 9 nitrogen and oxygen atoms in total. The summed E-state index contributed by atoms with van der Waals surface area (Å²) in [6.07, 6.45) is 2.79. The summed E-state index contributed by atoms with van der Waals surface area (Å²) in [5.41, 5.74) is 12.8. The SMILES string of the molecule is Nc1ncc(-c2ccc(NC(=O)Nc3ccc(F)c(-c4cnc(N)[nH]4)c3)cc2F)[nH]1. The minimum absolute atomic E-state index is 0.142. The average Bonchev–Trinajstić information content (AvgIpc) is 3.32. The number of amides is 2. The number of hydrogen-bond acceptors (Lipinski definition) is 5. The van der Waals surface area contributed by atoms with Gasteiger partial charge in [-0.3, -0.25) is 0 Å². The Hall–Kier alpha value is -4.41. The molecule has 0 spiro atoms. The van der Waals surface area contributed by atoms with Gasteiger partial charge < -0.3 is 32.1 Å². The van der Waals surface area contributed by atoms with Gasteiger partial charge in [0.1, 0.15) is 11.6 Å². The summed E-state index contributed by atoms with van der Waals surface area (Å²) in [7, 11) is 0. The van der Waals surface area contributed by atoms with Crippen molar-refractivity contribution in [2.24, 2.45) is 0 Å². The van der Waals surface area contributed by atoms with Crippen molar-refractivity contribution in [3.8, 4) is 22.5 Å². The molecule has 2 aromatic heterocycles. The number of urea groups is 1. The van der Waals surface area contributed by atoms with Crippen molar-refractivity contribution >= 4 is 29.3 Å². The molecule has 0 saturated carbocycles. The van der Waals surface area contributed by atoms with E-state index >= 15 is 0 Å². The third-order valence-electron chi connectivity index (χ3n) is 4.22. The second-order valence-electron chi connectivity index (χ2n) is 6.33. The second kappa shape index (κ2) is 7.54. The van der Waals surface area contributed by atoms with Gasteiger partial charge in [-0.2, -0.15) is 0 Å². The van der Waals surface area contributed by atoms with Crippen LogP contribution in [0, 0.1) is 11.6 Å². The van der Waals surface area contributed by atoms with Crippen LogP contribution in [-0.2, 0) is 0 Å². The number of aromatic amines is 2. The topological polar surface area (TPSA) is 151 Å². The van der Waals surface area contributed by atoms with Gasteiger partial charge in [0.15, 0.2) is 11.9 Å². The van der Waals surface area contributed by atoms with Crippen LogP contribution in [0.25, 0.3) is 22.5 Å². The van der Waals surface area contributed by atoms with Gasteiger partial charge in [0, 0.05) is 22.5 Å². The first-order chi connectivity index (χ1) is 14.4. The van der Waals surface area contributed by atoms with Crippen molar-refractivity contribution in [2.75, 3.05) is 22.1 Å². The summed E-state index contributed by atoms with van der Waals surface area (Å²) in [6.45, 7) is 0. The average molecular weight is 410 g/mol. The highest BCUT2D eigenvalue weighted by Crippen LogP contribution is 2.26. The summed E-state index contributed by atoms with van der Waals surface area (Å²) in [6, 6.07) is 7.56. The molecule has 2 amide bonds. The van der Waals surface area contributed by atoms with E-state index in [9.17, 15) is 13.6 Å². The molecule has 0 radical (unpaired) electrons. The van der Waals surface area contributed by atoms with E-state index in [4.69, 9.17) is 11.5 Å². The number of nitrogens with zero attached hydrogens (tertiary/aromatic N) is 2. The van der Waals surface area contributed by atoms with Crippen LogP contribution >= 0.6 is 0 Å². The van der Waals surface area contributed by atoms with Gasteiger partial charge in [0.2, 0.25) is 0 Å². The van der Waals surface area contributed by atoms with Gasteiger partial charge in [0.25, 0.3) is 0 Å². The van der Waals surface area contributed by atoms with Crippen LogP contribution in [0.5, 0.6) is 0 Å². The third-order valence-corrected chi connectivity index (χ3v) is 4.22. The number of imidazole rings is 2.